The summed E-state index contributed by atoms with van der Waals surface area (Å²) < 4.78 is 17.4. The Kier molecular flexibility index (Phi) is 4.91. The predicted molar refractivity (Wildman–Crippen MR) is 92.8 cm³/mol. The van der Waals surface area contributed by atoms with E-state index in [4.69, 9.17) is 14.2 Å². The van der Waals surface area contributed by atoms with Gasteiger partial charge in [0.2, 0.25) is 0 Å². The van der Waals surface area contributed by atoms with Gasteiger partial charge in [0.25, 0.3) is 5.79 Å². The second-order valence-corrected chi connectivity index (χ2v) is 6.58. The summed E-state index contributed by atoms with van der Waals surface area (Å²) >= 11 is 0. The van der Waals surface area contributed by atoms with Gasteiger partial charge < -0.3 is 40.0 Å². The minimum Gasteiger partial charge on any atom is -0.465 e. The van der Waals surface area contributed by atoms with Crippen LogP contribution in [-0.4, -0.2) is 90.4 Å². The van der Waals surface area contributed by atoms with Crippen LogP contribution in [0.4, 0.5) is 5.82 Å². The summed E-state index contributed by atoms with van der Waals surface area (Å²) in [5.74, 6) is -1.27. The molecule has 2 aliphatic rings. The van der Waals surface area contributed by atoms with E-state index in [2.05, 4.69) is 20.3 Å². The van der Waals surface area contributed by atoms with Crippen LogP contribution in [0.15, 0.2) is 25.0 Å². The molecule has 28 heavy (non-hydrogen) atoms. The number of aromatic nitrogens is 4. The fourth-order valence-corrected chi connectivity index (χ4v) is 3.34. The van der Waals surface area contributed by atoms with E-state index in [1.807, 2.05) is 0 Å². The fourth-order valence-electron chi connectivity index (χ4n) is 3.34. The molecule has 4 rings (SSSR count). The minimum atomic E-state index is -1.60. The van der Waals surface area contributed by atoms with E-state index in [-0.39, 0.29) is 6.54 Å². The highest BCUT2D eigenvalue weighted by molar-refractivity contribution is 5.82. The van der Waals surface area contributed by atoms with E-state index < -0.39 is 43.0 Å². The molecule has 0 bridgehead atoms. The van der Waals surface area contributed by atoms with Crippen molar-refractivity contribution in [3.63, 3.8) is 0 Å². The smallest absolute Gasteiger partial charge is 0.254 e. The lowest BCUT2D eigenvalue weighted by atomic mass is 10.1. The summed E-state index contributed by atoms with van der Waals surface area (Å²) in [5, 5.41) is 43.0. The Morgan fingerprint density at radius 2 is 2.11 bits per heavy atom. The van der Waals surface area contributed by atoms with Crippen molar-refractivity contribution in [2.24, 2.45) is 0 Å². The summed E-state index contributed by atoms with van der Waals surface area (Å²) in [6.07, 6.45) is 0.611. The zero-order valence-electron chi connectivity index (χ0n) is 14.9. The number of hydrogen-bond acceptors (Lipinski definition) is 11. The molecule has 4 heterocycles. The first-order valence-corrected chi connectivity index (χ1v) is 8.62. The quantitative estimate of drug-likeness (QED) is 0.371. The lowest BCUT2D eigenvalue weighted by molar-refractivity contribution is -0.195. The van der Waals surface area contributed by atoms with Crippen molar-refractivity contribution in [1.82, 2.24) is 19.5 Å². The molecule has 2 aromatic heterocycles. The topological polar surface area (TPSA) is 164 Å². The molecule has 152 valence electrons. The monoisotopic (exact) mass is 395 g/mol. The van der Waals surface area contributed by atoms with E-state index >= 15 is 0 Å². The summed E-state index contributed by atoms with van der Waals surface area (Å²) in [6, 6.07) is 0. The van der Waals surface area contributed by atoms with Crippen LogP contribution < -0.4 is 5.32 Å². The van der Waals surface area contributed by atoms with E-state index in [0.717, 1.165) is 0 Å². The number of aliphatic hydroxyl groups is 4. The largest absolute Gasteiger partial charge is 0.465 e. The highest BCUT2D eigenvalue weighted by Gasteiger charge is 2.44. The Bertz CT molecular complexity index is 876. The molecule has 5 N–H and O–H groups in total. The lowest BCUT2D eigenvalue weighted by Crippen LogP contribution is -2.46. The van der Waals surface area contributed by atoms with Crippen LogP contribution in [0.3, 0.4) is 0 Å². The number of ether oxygens (including phenoxy) is 3. The van der Waals surface area contributed by atoms with Crippen molar-refractivity contribution in [2.45, 2.75) is 36.4 Å². The van der Waals surface area contributed by atoms with Crippen molar-refractivity contribution in [1.29, 1.82) is 0 Å². The molecule has 0 aromatic carbocycles. The van der Waals surface area contributed by atoms with Gasteiger partial charge in [0, 0.05) is 7.11 Å². The van der Waals surface area contributed by atoms with Crippen molar-refractivity contribution in [2.75, 3.05) is 25.6 Å². The number of fused-ring (bicyclic) bond motifs is 1. The molecule has 12 heteroatoms. The Morgan fingerprint density at radius 3 is 2.82 bits per heavy atom. The SMILES string of the molecule is COC1C=COC1(O)CNc1ncnc2c1ncn2[C@@H]1O[C@H](CO)[C@@H](O)[C@@H]1O. The maximum Gasteiger partial charge on any atom is 0.254 e. The van der Waals surface area contributed by atoms with Crippen LogP contribution >= 0.6 is 0 Å². The normalized spacial score (nSPS) is 34.8. The van der Waals surface area contributed by atoms with Crippen LogP contribution in [-0.2, 0) is 14.2 Å². The third-order valence-electron chi connectivity index (χ3n) is 4.88. The second-order valence-electron chi connectivity index (χ2n) is 6.58. The molecule has 0 amide bonds. The van der Waals surface area contributed by atoms with Crippen LogP contribution in [0.2, 0.25) is 0 Å². The molecular formula is C16H21N5O7. The Balaban J connectivity index is 1.58. The van der Waals surface area contributed by atoms with Gasteiger partial charge in [-0.1, -0.05) is 0 Å². The van der Waals surface area contributed by atoms with Crippen molar-refractivity contribution in [3.8, 4) is 0 Å². The number of rotatable bonds is 6. The maximum atomic E-state index is 10.5. The second kappa shape index (κ2) is 7.24. The number of nitrogens with one attached hydrogen (secondary N) is 1. The molecule has 2 unspecified atom stereocenters. The zero-order valence-corrected chi connectivity index (χ0v) is 14.9. The van der Waals surface area contributed by atoms with Gasteiger partial charge in [-0.3, -0.25) is 4.57 Å². The number of methoxy groups -OCH3 is 1. The number of imidazole rings is 1. The average molecular weight is 395 g/mol. The molecule has 2 aromatic rings. The van der Waals surface area contributed by atoms with Crippen molar-refractivity contribution < 1.29 is 34.6 Å². The van der Waals surface area contributed by atoms with Crippen molar-refractivity contribution in [3.05, 3.63) is 25.0 Å². The van der Waals surface area contributed by atoms with E-state index in [1.54, 1.807) is 6.08 Å². The van der Waals surface area contributed by atoms with Gasteiger partial charge in [-0.15, -0.1) is 0 Å². The third-order valence-corrected chi connectivity index (χ3v) is 4.88. The van der Waals surface area contributed by atoms with Crippen LogP contribution in [0.25, 0.3) is 11.2 Å². The molecule has 2 aliphatic heterocycles. The first-order valence-electron chi connectivity index (χ1n) is 8.62. The highest BCUT2D eigenvalue weighted by atomic mass is 16.7. The lowest BCUT2D eigenvalue weighted by Gasteiger charge is -2.28. The Morgan fingerprint density at radius 1 is 1.29 bits per heavy atom. The van der Waals surface area contributed by atoms with Gasteiger partial charge in [-0.2, -0.15) is 0 Å². The first-order chi connectivity index (χ1) is 13.5. The Labute approximate surface area is 159 Å². The number of anilines is 1. The Hall–Kier alpha value is -2.35. The third kappa shape index (κ3) is 2.99. The fraction of sp³-hybridized carbons (Fsp3) is 0.562. The van der Waals surface area contributed by atoms with E-state index in [0.29, 0.717) is 17.0 Å². The van der Waals surface area contributed by atoms with Crippen LogP contribution in [0, 0.1) is 0 Å². The number of aliphatic hydroxyl groups excluding tert-OH is 3. The van der Waals surface area contributed by atoms with Gasteiger partial charge in [-0.05, 0) is 6.08 Å². The summed E-state index contributed by atoms with van der Waals surface area (Å²) in [5.41, 5.74) is 0.705. The van der Waals surface area contributed by atoms with Gasteiger partial charge in [0.15, 0.2) is 23.2 Å². The van der Waals surface area contributed by atoms with Gasteiger partial charge in [0.1, 0.15) is 30.7 Å². The van der Waals surface area contributed by atoms with Gasteiger partial charge in [0.05, 0.1) is 25.7 Å². The molecule has 0 radical (unpaired) electrons. The summed E-state index contributed by atoms with van der Waals surface area (Å²) in [7, 11) is 1.46. The molecule has 0 saturated carbocycles. The average Bonchev–Trinajstić information content (AvgIpc) is 3.37. The molecule has 0 aliphatic carbocycles. The maximum absolute atomic E-state index is 10.5. The molecule has 12 nitrogen and oxygen atoms in total. The van der Waals surface area contributed by atoms with Gasteiger partial charge >= 0.3 is 0 Å². The molecule has 1 saturated heterocycles. The number of nitrogens with zero attached hydrogens (tertiary/aromatic N) is 4. The van der Waals surface area contributed by atoms with Crippen LogP contribution in [0.1, 0.15) is 6.23 Å². The van der Waals surface area contributed by atoms with Gasteiger partial charge in [-0.25, -0.2) is 15.0 Å². The molecule has 1 fully saturated rings. The van der Waals surface area contributed by atoms with E-state index in [9.17, 15) is 20.4 Å². The molecular weight excluding hydrogens is 374 g/mol. The molecule has 0 spiro atoms. The minimum absolute atomic E-state index is 0.0364. The van der Waals surface area contributed by atoms with Crippen molar-refractivity contribution >= 4 is 17.0 Å². The summed E-state index contributed by atoms with van der Waals surface area (Å²) in [4.78, 5) is 12.6. The standard InChI is InChI=1S/C16H21N5O7/c1-26-9-2-3-27-16(9,25)5-17-13-10-14(19-6-18-13)21(7-20-10)15-12(24)11(23)8(4-22)28-15/h2-3,6-9,11-12,15,22-25H,4-5H2,1H3,(H,17,18,19)/t8-,9?,11-,12+,15-,16?/m1/s1. The summed E-state index contributed by atoms with van der Waals surface area (Å²) in [6.45, 7) is -0.470. The molecule has 6 atom stereocenters. The highest BCUT2D eigenvalue weighted by Crippen LogP contribution is 2.32. The van der Waals surface area contributed by atoms with E-state index in [1.165, 1.54) is 30.6 Å². The predicted octanol–water partition coefficient (Wildman–Crippen LogP) is -1.90. The number of hydrogen-bond donors (Lipinski definition) is 5. The zero-order chi connectivity index (χ0) is 19.9. The first kappa shape index (κ1) is 19.0. The van der Waals surface area contributed by atoms with Crippen LogP contribution in [0.5, 0.6) is 0 Å².